The number of likely N-dealkylation sites (tertiary alicyclic amines) is 1. The van der Waals surface area contributed by atoms with Crippen LogP contribution in [-0.2, 0) is 6.54 Å². The summed E-state index contributed by atoms with van der Waals surface area (Å²) in [5.41, 5.74) is 0.714. The van der Waals surface area contributed by atoms with Crippen LogP contribution in [0.2, 0.25) is 0 Å². The fourth-order valence-electron chi connectivity index (χ4n) is 8.66. The van der Waals surface area contributed by atoms with E-state index >= 15 is 0 Å². The maximum Gasteiger partial charge on any atom is 0.254 e. The highest BCUT2D eigenvalue weighted by atomic mass is 19.3. The fourth-order valence-corrected chi connectivity index (χ4v) is 8.66. The zero-order valence-electron chi connectivity index (χ0n) is 22.3. The average Bonchev–Trinajstić information content (AvgIpc) is 3.69. The minimum absolute atomic E-state index is 0.0471. The number of nitrogens with zero attached hydrogens (tertiary/aromatic N) is 3. The second-order valence-corrected chi connectivity index (χ2v) is 13.2. The summed E-state index contributed by atoms with van der Waals surface area (Å²) in [5, 5.41) is 34.4. The van der Waals surface area contributed by atoms with E-state index in [4.69, 9.17) is 0 Å². The minimum Gasteiger partial charge on any atom is -0.494 e. The Kier molecular flexibility index (Phi) is 5.17. The van der Waals surface area contributed by atoms with Gasteiger partial charge in [0.2, 0.25) is 0 Å². The van der Waals surface area contributed by atoms with Gasteiger partial charge in [0.15, 0.2) is 11.8 Å². The highest BCUT2D eigenvalue weighted by molar-refractivity contribution is 5.78. The number of hydrogen-bond acceptors (Lipinski definition) is 5. The van der Waals surface area contributed by atoms with E-state index in [1.165, 1.54) is 0 Å². The lowest BCUT2D eigenvalue weighted by molar-refractivity contribution is -0.0399. The fraction of sp³-hybridized carbons (Fsp3) is 0.581. The molecule has 3 heterocycles. The topological polar surface area (TPSA) is 90.9 Å². The van der Waals surface area contributed by atoms with Crippen molar-refractivity contribution in [2.24, 2.45) is 17.8 Å². The molecular weight excluding hydrogens is 516 g/mol. The second-order valence-electron chi connectivity index (χ2n) is 13.2. The molecule has 1 aliphatic heterocycles. The Hall–Kier alpha value is -2.91. The Morgan fingerprint density at radius 1 is 0.900 bits per heavy atom. The first-order valence-corrected chi connectivity index (χ1v) is 14.7. The highest BCUT2D eigenvalue weighted by Crippen LogP contribution is 2.71. The van der Waals surface area contributed by atoms with Gasteiger partial charge >= 0.3 is 0 Å². The Bertz CT molecular complexity index is 1570. The monoisotopic (exact) mass is 551 g/mol. The first-order chi connectivity index (χ1) is 19.2. The summed E-state index contributed by atoms with van der Waals surface area (Å²) in [5.74, 6) is -3.81. The van der Waals surface area contributed by atoms with Crippen LogP contribution >= 0.6 is 0 Å². The van der Waals surface area contributed by atoms with E-state index in [0.717, 1.165) is 49.8 Å². The van der Waals surface area contributed by atoms with Crippen molar-refractivity contribution in [2.45, 2.75) is 74.5 Å². The van der Waals surface area contributed by atoms with Crippen LogP contribution in [0.3, 0.4) is 0 Å². The van der Waals surface area contributed by atoms with Crippen LogP contribution in [0.4, 0.5) is 8.78 Å². The Balaban J connectivity index is 0.916. The number of rotatable bonds is 6. The van der Waals surface area contributed by atoms with Gasteiger partial charge < -0.3 is 24.8 Å². The van der Waals surface area contributed by atoms with Gasteiger partial charge in [-0.05, 0) is 67.4 Å². The molecule has 1 aromatic carbocycles. The summed E-state index contributed by atoms with van der Waals surface area (Å²) in [6, 6.07) is 11.8. The molecular formula is C31H35F2N3O4. The van der Waals surface area contributed by atoms with Crippen molar-refractivity contribution in [1.82, 2.24) is 14.0 Å². The van der Waals surface area contributed by atoms with Gasteiger partial charge in [-0.1, -0.05) is 18.2 Å². The molecule has 3 saturated carbocycles. The number of fused-ring (bicyclic) bond motifs is 6. The van der Waals surface area contributed by atoms with Gasteiger partial charge in [-0.25, -0.2) is 8.78 Å². The molecule has 4 aliphatic carbocycles. The van der Waals surface area contributed by atoms with Crippen LogP contribution in [0.1, 0.15) is 67.5 Å². The van der Waals surface area contributed by atoms with Crippen molar-refractivity contribution >= 4 is 10.9 Å². The lowest BCUT2D eigenvalue weighted by Crippen LogP contribution is -2.38. The van der Waals surface area contributed by atoms with Gasteiger partial charge in [0.05, 0.1) is 17.0 Å². The number of halogens is 2. The van der Waals surface area contributed by atoms with Gasteiger partial charge in [-0.2, -0.15) is 0 Å². The summed E-state index contributed by atoms with van der Waals surface area (Å²) >= 11 is 0. The number of aromatic nitrogens is 2. The lowest BCUT2D eigenvalue weighted by Gasteiger charge is -2.33. The summed E-state index contributed by atoms with van der Waals surface area (Å²) < 4.78 is 31.3. The lowest BCUT2D eigenvalue weighted by atomic mass is 9.78. The predicted octanol–water partition coefficient (Wildman–Crippen LogP) is 4.55. The van der Waals surface area contributed by atoms with Gasteiger partial charge in [0.25, 0.3) is 11.5 Å². The molecule has 8 rings (SSSR count). The predicted molar refractivity (Wildman–Crippen MR) is 145 cm³/mol. The molecule has 1 saturated heterocycles. The summed E-state index contributed by atoms with van der Waals surface area (Å²) in [7, 11) is 0. The molecule has 3 N–H and O–H groups in total. The molecule has 9 heteroatoms. The number of benzene rings is 1. The molecule has 0 spiro atoms. The quantitative estimate of drug-likeness (QED) is 0.418. The van der Waals surface area contributed by atoms with E-state index in [9.17, 15) is 28.9 Å². The van der Waals surface area contributed by atoms with Crippen LogP contribution in [0, 0.1) is 17.8 Å². The van der Waals surface area contributed by atoms with Crippen molar-refractivity contribution in [3.8, 4) is 11.8 Å². The van der Waals surface area contributed by atoms with E-state index in [-0.39, 0.29) is 42.1 Å². The van der Waals surface area contributed by atoms with Crippen LogP contribution in [-0.4, -0.2) is 60.5 Å². The van der Waals surface area contributed by atoms with E-state index in [0.29, 0.717) is 35.9 Å². The Morgan fingerprint density at radius 2 is 1.60 bits per heavy atom. The number of aliphatic hydroxyl groups is 1. The zero-order valence-corrected chi connectivity index (χ0v) is 22.3. The maximum atomic E-state index is 13.9. The molecule has 40 heavy (non-hydrogen) atoms. The van der Waals surface area contributed by atoms with Gasteiger partial charge in [0, 0.05) is 61.8 Å². The number of pyridine rings is 1. The van der Waals surface area contributed by atoms with E-state index < -0.39 is 23.4 Å². The van der Waals surface area contributed by atoms with Crippen LogP contribution < -0.4 is 5.56 Å². The molecule has 5 aliphatic rings. The van der Waals surface area contributed by atoms with Gasteiger partial charge in [-0.3, -0.25) is 9.36 Å². The second kappa shape index (κ2) is 8.32. The zero-order chi connectivity index (χ0) is 27.6. The third-order valence-corrected chi connectivity index (χ3v) is 10.9. The minimum atomic E-state index is -2.83. The van der Waals surface area contributed by atoms with Gasteiger partial charge in [-0.15, -0.1) is 0 Å². The largest absolute Gasteiger partial charge is 0.494 e. The SMILES string of the molecule is O=c1ccc2ccccc2n1C1CCN(C[C@H]2C[C@@H]2Cn2c(O)c3c(c2O)C2CC3CC2(O)C2CC2(F)F)CC1. The van der Waals surface area contributed by atoms with Crippen molar-refractivity contribution in [3.63, 3.8) is 0 Å². The first-order valence-electron chi connectivity index (χ1n) is 14.7. The molecule has 2 aromatic heterocycles. The normalized spacial score (nSPS) is 34.4. The number of aromatic hydroxyl groups is 2. The van der Waals surface area contributed by atoms with Crippen LogP contribution in [0.5, 0.6) is 11.8 Å². The average molecular weight is 552 g/mol. The summed E-state index contributed by atoms with van der Waals surface area (Å²) in [4.78, 5) is 15.2. The molecule has 0 amide bonds. The number of piperidine rings is 1. The molecule has 4 fully saturated rings. The molecule has 3 aromatic rings. The van der Waals surface area contributed by atoms with Crippen LogP contribution in [0.15, 0.2) is 41.2 Å². The van der Waals surface area contributed by atoms with Crippen molar-refractivity contribution < 1.29 is 24.1 Å². The number of para-hydroxylation sites is 1. The summed E-state index contributed by atoms with van der Waals surface area (Å²) in [6.07, 6.45) is 3.30. The molecule has 4 unspecified atom stereocenters. The van der Waals surface area contributed by atoms with Crippen molar-refractivity contribution in [2.75, 3.05) is 19.6 Å². The standard InChI is InChI=1S/C31H35F2N3O4/c32-31(33)14-24(31)30(40)13-18-12-22(30)27-26(18)28(38)35(29(27)39)16-20-11-19(20)15-34-9-7-21(8-10-34)36-23-4-2-1-3-17(23)5-6-25(36)37/h1-6,18-22,24,38-40H,7-16H2/t18?,19-,20-,22?,24?,30?/m1/s1. The summed E-state index contributed by atoms with van der Waals surface area (Å²) in [6.45, 7) is 3.29. The van der Waals surface area contributed by atoms with E-state index in [2.05, 4.69) is 4.90 Å². The molecule has 0 radical (unpaired) electrons. The third-order valence-electron chi connectivity index (χ3n) is 10.9. The van der Waals surface area contributed by atoms with Gasteiger partial charge in [0.1, 0.15) is 0 Å². The molecule has 7 nitrogen and oxygen atoms in total. The number of alkyl halides is 2. The maximum absolute atomic E-state index is 13.9. The van der Waals surface area contributed by atoms with E-state index in [1.54, 1.807) is 10.6 Å². The molecule has 2 bridgehead atoms. The Morgan fingerprint density at radius 3 is 2.35 bits per heavy atom. The molecule has 212 valence electrons. The third kappa shape index (κ3) is 3.56. The molecule has 6 atom stereocenters. The smallest absolute Gasteiger partial charge is 0.254 e. The van der Waals surface area contributed by atoms with E-state index in [1.807, 2.05) is 34.9 Å². The van der Waals surface area contributed by atoms with Crippen LogP contribution in [0.25, 0.3) is 10.9 Å². The van der Waals surface area contributed by atoms with Crippen molar-refractivity contribution in [1.29, 1.82) is 0 Å². The highest BCUT2D eigenvalue weighted by Gasteiger charge is 2.72. The first kappa shape index (κ1) is 24.9. The van der Waals surface area contributed by atoms with Crippen molar-refractivity contribution in [3.05, 3.63) is 57.9 Å². The Labute approximate surface area is 230 Å². The number of hydrogen-bond donors (Lipinski definition) is 3.